The first kappa shape index (κ1) is 20.4. The quantitative estimate of drug-likeness (QED) is 0.479. The van der Waals surface area contributed by atoms with Gasteiger partial charge in [-0.25, -0.2) is 0 Å². The molecule has 0 aromatic heterocycles. The molecule has 4 nitrogen and oxygen atoms in total. The van der Waals surface area contributed by atoms with E-state index in [1.165, 1.54) is 11.1 Å². The molecule has 1 atom stereocenters. The van der Waals surface area contributed by atoms with E-state index in [2.05, 4.69) is 53.4 Å². The molecular formula is C24H31NO3. The summed E-state index contributed by atoms with van der Waals surface area (Å²) >= 11 is 0. The van der Waals surface area contributed by atoms with Gasteiger partial charge in [0.25, 0.3) is 0 Å². The van der Waals surface area contributed by atoms with Gasteiger partial charge in [-0.3, -0.25) is 4.79 Å². The monoisotopic (exact) mass is 381 g/mol. The van der Waals surface area contributed by atoms with Crippen molar-refractivity contribution >= 4 is 5.97 Å². The number of carbonyl (C=O) groups is 1. The molecule has 0 spiro atoms. The largest absolute Gasteiger partial charge is 0.494 e. The van der Waals surface area contributed by atoms with Crippen LogP contribution in [0.15, 0.2) is 54.6 Å². The SMILES string of the molecule is CCOC(=O)C1CCCN(CCCOc2ccc(Cc3ccccc3)cc2)C1. The van der Waals surface area contributed by atoms with Crippen LogP contribution in [0.3, 0.4) is 0 Å². The van der Waals surface area contributed by atoms with Crippen molar-refractivity contribution in [3.8, 4) is 5.75 Å². The first-order chi connectivity index (χ1) is 13.7. The minimum absolute atomic E-state index is 0.0341. The molecule has 0 aliphatic carbocycles. The Kier molecular flexibility index (Phi) is 7.92. The third kappa shape index (κ3) is 6.38. The van der Waals surface area contributed by atoms with Crippen LogP contribution in [-0.2, 0) is 16.0 Å². The molecule has 1 saturated heterocycles. The van der Waals surface area contributed by atoms with Crippen LogP contribution in [0.1, 0.15) is 37.3 Å². The Hall–Kier alpha value is -2.33. The first-order valence-electron chi connectivity index (χ1n) is 10.4. The standard InChI is InChI=1S/C24H31NO3/c1-2-27-24(26)22-10-6-15-25(19-22)16-7-17-28-23-13-11-21(12-14-23)18-20-8-4-3-5-9-20/h3-5,8-9,11-14,22H,2,6-7,10,15-19H2,1H3. The molecule has 4 heteroatoms. The number of likely N-dealkylation sites (tertiary alicyclic amines) is 1. The molecule has 0 saturated carbocycles. The Labute approximate surface area is 168 Å². The highest BCUT2D eigenvalue weighted by Gasteiger charge is 2.26. The lowest BCUT2D eigenvalue weighted by atomic mass is 9.98. The van der Waals surface area contributed by atoms with Gasteiger partial charge in [0, 0.05) is 13.1 Å². The van der Waals surface area contributed by atoms with Crippen molar-refractivity contribution < 1.29 is 14.3 Å². The summed E-state index contributed by atoms with van der Waals surface area (Å²) in [5, 5.41) is 0. The molecule has 1 heterocycles. The summed E-state index contributed by atoms with van der Waals surface area (Å²) in [5.41, 5.74) is 2.61. The highest BCUT2D eigenvalue weighted by molar-refractivity contribution is 5.72. The maximum atomic E-state index is 11.9. The summed E-state index contributed by atoms with van der Waals surface area (Å²) in [6.45, 7) is 5.86. The highest BCUT2D eigenvalue weighted by Crippen LogP contribution is 2.19. The van der Waals surface area contributed by atoms with E-state index < -0.39 is 0 Å². The van der Waals surface area contributed by atoms with Gasteiger partial charge in [-0.1, -0.05) is 42.5 Å². The van der Waals surface area contributed by atoms with Gasteiger partial charge < -0.3 is 14.4 Å². The van der Waals surface area contributed by atoms with Crippen LogP contribution in [0.25, 0.3) is 0 Å². The van der Waals surface area contributed by atoms with E-state index >= 15 is 0 Å². The van der Waals surface area contributed by atoms with Crippen LogP contribution in [0, 0.1) is 5.92 Å². The predicted molar refractivity (Wildman–Crippen MR) is 112 cm³/mol. The van der Waals surface area contributed by atoms with E-state index in [1.807, 2.05) is 13.0 Å². The van der Waals surface area contributed by atoms with Crippen LogP contribution in [0.2, 0.25) is 0 Å². The molecule has 0 radical (unpaired) electrons. The van der Waals surface area contributed by atoms with Crippen LogP contribution < -0.4 is 4.74 Å². The molecule has 3 rings (SSSR count). The van der Waals surface area contributed by atoms with Crippen LogP contribution in [0.5, 0.6) is 5.75 Å². The first-order valence-corrected chi connectivity index (χ1v) is 10.4. The van der Waals surface area contributed by atoms with Crippen LogP contribution in [0.4, 0.5) is 0 Å². The van der Waals surface area contributed by atoms with Crippen molar-refractivity contribution in [2.75, 3.05) is 32.8 Å². The topological polar surface area (TPSA) is 38.8 Å². The van der Waals surface area contributed by atoms with Crippen molar-refractivity contribution in [1.29, 1.82) is 0 Å². The fourth-order valence-corrected chi connectivity index (χ4v) is 3.72. The lowest BCUT2D eigenvalue weighted by Crippen LogP contribution is -2.40. The van der Waals surface area contributed by atoms with E-state index in [-0.39, 0.29) is 11.9 Å². The molecule has 1 aliphatic heterocycles. The Balaban J connectivity index is 1.36. The van der Waals surface area contributed by atoms with E-state index in [0.29, 0.717) is 13.2 Å². The minimum Gasteiger partial charge on any atom is -0.494 e. The number of ether oxygens (including phenoxy) is 2. The van der Waals surface area contributed by atoms with Gasteiger partial charge in [0.15, 0.2) is 0 Å². The summed E-state index contributed by atoms with van der Waals surface area (Å²) in [4.78, 5) is 14.3. The smallest absolute Gasteiger partial charge is 0.310 e. The van der Waals surface area contributed by atoms with Crippen molar-refractivity contribution in [3.63, 3.8) is 0 Å². The van der Waals surface area contributed by atoms with Crippen molar-refractivity contribution in [2.24, 2.45) is 5.92 Å². The van der Waals surface area contributed by atoms with E-state index in [9.17, 15) is 4.79 Å². The lowest BCUT2D eigenvalue weighted by molar-refractivity contribution is -0.149. The zero-order valence-electron chi connectivity index (χ0n) is 16.8. The average Bonchev–Trinajstić information content (AvgIpc) is 2.73. The maximum absolute atomic E-state index is 11.9. The highest BCUT2D eigenvalue weighted by atomic mass is 16.5. The minimum atomic E-state index is -0.0426. The van der Waals surface area contributed by atoms with Crippen LogP contribution in [-0.4, -0.2) is 43.7 Å². The van der Waals surface area contributed by atoms with E-state index in [4.69, 9.17) is 9.47 Å². The molecule has 0 bridgehead atoms. The fourth-order valence-electron chi connectivity index (χ4n) is 3.72. The molecule has 2 aromatic carbocycles. The third-order valence-electron chi connectivity index (χ3n) is 5.19. The number of hydrogen-bond acceptors (Lipinski definition) is 4. The van der Waals surface area contributed by atoms with Gasteiger partial charge in [-0.05, 0) is 62.4 Å². The Morgan fingerprint density at radius 2 is 1.82 bits per heavy atom. The number of piperidine rings is 1. The number of esters is 1. The van der Waals surface area contributed by atoms with Gasteiger partial charge in [-0.2, -0.15) is 0 Å². The maximum Gasteiger partial charge on any atom is 0.310 e. The summed E-state index contributed by atoms with van der Waals surface area (Å²) in [5.74, 6) is 0.908. The number of rotatable bonds is 9. The van der Waals surface area contributed by atoms with E-state index in [0.717, 1.165) is 51.1 Å². The molecular weight excluding hydrogens is 350 g/mol. The molecule has 150 valence electrons. The molecule has 2 aromatic rings. The third-order valence-corrected chi connectivity index (χ3v) is 5.19. The van der Waals surface area contributed by atoms with Gasteiger partial charge in [0.2, 0.25) is 0 Å². The number of hydrogen-bond donors (Lipinski definition) is 0. The second kappa shape index (κ2) is 10.9. The predicted octanol–water partition coefficient (Wildman–Crippen LogP) is 4.32. The summed E-state index contributed by atoms with van der Waals surface area (Å²) < 4.78 is 11.1. The van der Waals surface area contributed by atoms with Gasteiger partial charge in [-0.15, -0.1) is 0 Å². The summed E-state index contributed by atoms with van der Waals surface area (Å²) in [6, 6.07) is 18.9. The molecule has 28 heavy (non-hydrogen) atoms. The summed E-state index contributed by atoms with van der Waals surface area (Å²) in [6.07, 6.45) is 3.91. The average molecular weight is 382 g/mol. The van der Waals surface area contributed by atoms with Crippen molar-refractivity contribution in [3.05, 3.63) is 65.7 Å². The van der Waals surface area contributed by atoms with Gasteiger partial charge in [0.05, 0.1) is 19.1 Å². The lowest BCUT2D eigenvalue weighted by Gasteiger charge is -2.31. The van der Waals surface area contributed by atoms with Gasteiger partial charge >= 0.3 is 5.97 Å². The second-order valence-electron chi connectivity index (χ2n) is 7.40. The number of benzene rings is 2. The van der Waals surface area contributed by atoms with Gasteiger partial charge in [0.1, 0.15) is 5.75 Å². The van der Waals surface area contributed by atoms with Crippen molar-refractivity contribution in [2.45, 2.75) is 32.6 Å². The van der Waals surface area contributed by atoms with Crippen molar-refractivity contribution in [1.82, 2.24) is 4.90 Å². The zero-order valence-corrected chi connectivity index (χ0v) is 16.8. The Bertz CT molecular complexity index is 714. The number of nitrogens with zero attached hydrogens (tertiary/aromatic N) is 1. The second-order valence-corrected chi connectivity index (χ2v) is 7.40. The zero-order chi connectivity index (χ0) is 19.6. The Morgan fingerprint density at radius 3 is 2.57 bits per heavy atom. The molecule has 1 unspecified atom stereocenters. The van der Waals surface area contributed by atoms with Crippen LogP contribution >= 0.6 is 0 Å². The Morgan fingerprint density at radius 1 is 1.07 bits per heavy atom. The van der Waals surface area contributed by atoms with E-state index in [1.54, 1.807) is 0 Å². The normalized spacial score (nSPS) is 17.2. The fraction of sp³-hybridized carbons (Fsp3) is 0.458. The molecule has 1 aliphatic rings. The number of carbonyl (C=O) groups excluding carboxylic acids is 1. The molecule has 0 amide bonds. The molecule has 0 N–H and O–H groups in total. The summed E-state index contributed by atoms with van der Waals surface area (Å²) in [7, 11) is 0. The molecule has 1 fully saturated rings.